The minimum absolute atomic E-state index is 0.0211. The van der Waals surface area contributed by atoms with E-state index in [2.05, 4.69) is 19.9 Å². The average Bonchev–Trinajstić information content (AvgIpc) is 3.23. The van der Waals surface area contributed by atoms with Crippen molar-refractivity contribution in [3.8, 4) is 17.2 Å². The van der Waals surface area contributed by atoms with Gasteiger partial charge in [0.25, 0.3) is 5.91 Å². The number of phenols is 2. The first kappa shape index (κ1) is 26.3. The number of ketones is 2. The molecule has 0 bridgehead atoms. The van der Waals surface area contributed by atoms with Crippen LogP contribution in [0.2, 0.25) is 0 Å². The van der Waals surface area contributed by atoms with Crippen molar-refractivity contribution in [1.82, 2.24) is 0 Å². The van der Waals surface area contributed by atoms with Crippen LogP contribution in [0.25, 0.3) is 10.8 Å². The lowest BCUT2D eigenvalue weighted by atomic mass is 9.54. The average molecular weight is 550 g/mol. The van der Waals surface area contributed by atoms with Crippen LogP contribution in [0.1, 0.15) is 73.2 Å². The molecular weight excluding hydrogens is 518 g/mol. The molecule has 0 aromatic heterocycles. The zero-order valence-corrected chi connectivity index (χ0v) is 22.6. The Kier molecular flexibility index (Phi) is 5.17. The van der Waals surface area contributed by atoms with E-state index in [1.807, 2.05) is 6.92 Å². The molecule has 4 aliphatic carbocycles. The number of nitrogens with two attached hydrogens (primary N) is 1. The zero-order chi connectivity index (χ0) is 29.3. The van der Waals surface area contributed by atoms with Gasteiger partial charge in [-0.1, -0.05) is 25.5 Å². The first-order valence-corrected chi connectivity index (χ1v) is 13.2. The third-order valence-electron chi connectivity index (χ3n) is 10.1. The number of methoxy groups -OCH3 is 1. The number of phenolic OH excluding ortho intramolecular Hbond substituents is 2. The SMILES string of the molecule is COc1cc(O)c2c(O)c3c(c4c2c1[C@]1(C4)C(C)=CCCC1(C)C)[C@@H](O)[C@H]1CC(=O)C(C(N)=O)=C(O)[C@@]1(O)C3=O. The molecule has 0 heterocycles. The van der Waals surface area contributed by atoms with E-state index in [1.165, 1.54) is 13.2 Å². The highest BCUT2D eigenvalue weighted by Gasteiger charge is 2.63. The van der Waals surface area contributed by atoms with Gasteiger partial charge >= 0.3 is 0 Å². The number of allylic oxidation sites excluding steroid dienone is 2. The van der Waals surface area contributed by atoms with Gasteiger partial charge in [0.2, 0.25) is 5.78 Å². The predicted molar refractivity (Wildman–Crippen MR) is 142 cm³/mol. The van der Waals surface area contributed by atoms with Crippen molar-refractivity contribution in [2.45, 2.75) is 63.6 Å². The predicted octanol–water partition coefficient (Wildman–Crippen LogP) is 2.67. The van der Waals surface area contributed by atoms with Gasteiger partial charge in [0.1, 0.15) is 28.6 Å². The van der Waals surface area contributed by atoms with Gasteiger partial charge in [0.05, 0.1) is 24.2 Å². The lowest BCUT2D eigenvalue weighted by Crippen LogP contribution is -2.57. The van der Waals surface area contributed by atoms with Gasteiger partial charge in [-0.2, -0.15) is 0 Å². The largest absolute Gasteiger partial charge is 0.508 e. The number of hydrogen-bond acceptors (Lipinski definition) is 9. The molecule has 1 spiro atoms. The summed E-state index contributed by atoms with van der Waals surface area (Å²) in [6.07, 6.45) is 1.73. The fraction of sp³-hybridized carbons (Fsp3) is 0.433. The summed E-state index contributed by atoms with van der Waals surface area (Å²) in [5.41, 5.74) is 2.16. The van der Waals surface area contributed by atoms with E-state index in [9.17, 15) is 39.9 Å². The van der Waals surface area contributed by atoms with Crippen LogP contribution in [-0.2, 0) is 21.4 Å². The van der Waals surface area contributed by atoms with Crippen LogP contribution in [-0.4, -0.2) is 55.7 Å². The van der Waals surface area contributed by atoms with Crippen LogP contribution in [0, 0.1) is 11.3 Å². The van der Waals surface area contributed by atoms with E-state index in [-0.39, 0.29) is 28.5 Å². The van der Waals surface area contributed by atoms with Gasteiger partial charge in [-0.05, 0) is 42.7 Å². The fourth-order valence-corrected chi connectivity index (χ4v) is 8.10. The molecule has 0 unspecified atom stereocenters. The highest BCUT2D eigenvalue weighted by molar-refractivity contribution is 6.23. The molecule has 6 rings (SSSR count). The number of aromatic hydroxyl groups is 2. The number of rotatable bonds is 2. The molecular formula is C30H31NO9. The molecule has 2 aromatic carbocycles. The number of hydrogen-bond donors (Lipinski definition) is 6. The van der Waals surface area contributed by atoms with Crippen molar-refractivity contribution in [3.05, 3.63) is 51.3 Å². The third-order valence-corrected chi connectivity index (χ3v) is 10.1. The Hall–Kier alpha value is -3.89. The van der Waals surface area contributed by atoms with Crippen molar-refractivity contribution in [2.24, 2.45) is 17.1 Å². The van der Waals surface area contributed by atoms with Gasteiger partial charge in [-0.3, -0.25) is 14.4 Å². The number of benzene rings is 2. The van der Waals surface area contributed by atoms with Crippen molar-refractivity contribution in [3.63, 3.8) is 0 Å². The number of aliphatic hydroxyl groups excluding tert-OH is 2. The van der Waals surface area contributed by atoms with Crippen LogP contribution >= 0.6 is 0 Å². The highest BCUT2D eigenvalue weighted by Crippen LogP contribution is 2.66. The zero-order valence-electron chi connectivity index (χ0n) is 22.6. The monoisotopic (exact) mass is 549 g/mol. The molecule has 0 radical (unpaired) electrons. The standard InChI is InChI=1S/C30H31NO9/c1-11-6-5-7-28(2,3)29(11)10-12-17-19(15(33)9-16(40-4)22(17)29)24(35)21-18(12)23(34)13-8-14(32)20(27(31)38)25(36)30(13,39)26(21)37/h6,9,13,23,33-36,39H,5,7-8,10H2,1-4H3,(H2,31,38)/t13-,23+,29+,30-/m1/s1. The number of fused-ring (bicyclic) bond motifs is 4. The summed E-state index contributed by atoms with van der Waals surface area (Å²) < 4.78 is 5.76. The maximum Gasteiger partial charge on any atom is 0.255 e. The van der Waals surface area contributed by atoms with Gasteiger partial charge in [0.15, 0.2) is 11.4 Å². The van der Waals surface area contributed by atoms with Crippen LogP contribution in [0.4, 0.5) is 0 Å². The molecule has 40 heavy (non-hydrogen) atoms. The number of amides is 1. The Labute approximate surface area is 229 Å². The molecule has 10 heteroatoms. The lowest BCUT2D eigenvalue weighted by molar-refractivity contribution is -0.129. The summed E-state index contributed by atoms with van der Waals surface area (Å²) in [4.78, 5) is 38.8. The Morgan fingerprint density at radius 3 is 2.42 bits per heavy atom. The first-order valence-electron chi connectivity index (χ1n) is 13.2. The second-order valence-electron chi connectivity index (χ2n) is 12.1. The highest BCUT2D eigenvalue weighted by atomic mass is 16.5. The van der Waals surface area contributed by atoms with Crippen LogP contribution in [0.15, 0.2) is 29.0 Å². The van der Waals surface area contributed by atoms with Gasteiger partial charge in [-0.15, -0.1) is 0 Å². The number of Topliss-reactive ketones (excluding diaryl/α,β-unsaturated/α-hetero) is 2. The minimum Gasteiger partial charge on any atom is -0.508 e. The van der Waals surface area contributed by atoms with E-state index in [0.717, 1.165) is 18.4 Å². The Morgan fingerprint density at radius 1 is 1.15 bits per heavy atom. The first-order chi connectivity index (χ1) is 18.7. The fourth-order valence-electron chi connectivity index (χ4n) is 8.10. The molecule has 10 nitrogen and oxygen atoms in total. The van der Waals surface area contributed by atoms with Gasteiger partial charge < -0.3 is 36.0 Å². The summed E-state index contributed by atoms with van der Waals surface area (Å²) in [7, 11) is 1.48. The molecule has 0 saturated carbocycles. The molecule has 0 aliphatic heterocycles. The summed E-state index contributed by atoms with van der Waals surface area (Å²) in [5, 5.41) is 57.3. The van der Waals surface area contributed by atoms with Crippen molar-refractivity contribution >= 4 is 28.2 Å². The lowest BCUT2D eigenvalue weighted by Gasteiger charge is -2.49. The maximum absolute atomic E-state index is 14.1. The number of ether oxygens (including phenoxy) is 1. The molecule has 1 amide bonds. The maximum atomic E-state index is 14.1. The van der Waals surface area contributed by atoms with Crippen LogP contribution in [0.3, 0.4) is 0 Å². The smallest absolute Gasteiger partial charge is 0.255 e. The topological polar surface area (TPSA) is 188 Å². The van der Waals surface area contributed by atoms with Crippen molar-refractivity contribution in [1.29, 1.82) is 0 Å². The molecule has 7 N–H and O–H groups in total. The van der Waals surface area contributed by atoms with Crippen LogP contribution < -0.4 is 10.5 Å². The van der Waals surface area contributed by atoms with Gasteiger partial charge in [0, 0.05) is 34.8 Å². The number of carbonyl (C=O) groups excluding carboxylic acids is 3. The molecule has 0 fully saturated rings. The Bertz CT molecular complexity index is 1670. The van der Waals surface area contributed by atoms with E-state index >= 15 is 0 Å². The quantitative estimate of drug-likeness (QED) is 0.242. The van der Waals surface area contributed by atoms with Gasteiger partial charge in [-0.25, -0.2) is 0 Å². The Balaban J connectivity index is 1.77. The molecule has 2 aromatic rings. The minimum atomic E-state index is -2.90. The van der Waals surface area contributed by atoms with Crippen molar-refractivity contribution in [2.75, 3.05) is 7.11 Å². The number of carbonyl (C=O) groups is 3. The van der Waals surface area contributed by atoms with E-state index in [4.69, 9.17) is 10.5 Å². The second kappa shape index (κ2) is 7.86. The second-order valence-corrected chi connectivity index (χ2v) is 12.1. The van der Waals surface area contributed by atoms with Crippen molar-refractivity contribution < 1.29 is 44.7 Å². The third kappa shape index (κ3) is 2.73. The summed E-state index contributed by atoms with van der Waals surface area (Å²) in [5.74, 6) is -6.94. The normalized spacial score (nSPS) is 30.4. The molecule has 210 valence electrons. The summed E-state index contributed by atoms with van der Waals surface area (Å²) >= 11 is 0. The number of aliphatic hydroxyl groups is 3. The molecule has 4 atom stereocenters. The van der Waals surface area contributed by atoms with E-state index in [0.29, 0.717) is 22.3 Å². The Morgan fingerprint density at radius 2 is 1.82 bits per heavy atom. The molecule has 0 saturated heterocycles. The summed E-state index contributed by atoms with van der Waals surface area (Å²) in [6, 6.07) is 1.38. The number of primary amides is 1. The van der Waals surface area contributed by atoms with Crippen LogP contribution in [0.5, 0.6) is 17.2 Å². The summed E-state index contributed by atoms with van der Waals surface area (Å²) in [6.45, 7) is 6.24. The van der Waals surface area contributed by atoms with E-state index in [1.54, 1.807) is 0 Å². The molecule has 4 aliphatic rings. The van der Waals surface area contributed by atoms with E-state index < -0.39 is 69.6 Å².